The van der Waals surface area contributed by atoms with Crippen molar-refractivity contribution in [3.05, 3.63) is 66.0 Å². The second-order valence-electron chi connectivity index (χ2n) is 6.26. The van der Waals surface area contributed by atoms with Crippen LogP contribution in [0, 0.1) is 5.21 Å². The largest absolute Gasteiger partial charge is 0.618 e. The number of hydrogen-bond acceptors (Lipinski definition) is 5. The number of para-hydroxylation sites is 1. The van der Waals surface area contributed by atoms with Gasteiger partial charge in [-0.1, -0.05) is 18.2 Å². The lowest BCUT2D eigenvalue weighted by Crippen LogP contribution is -2.30. The Morgan fingerprint density at radius 1 is 1.14 bits per heavy atom. The number of furan rings is 1. The van der Waals surface area contributed by atoms with Gasteiger partial charge in [-0.15, -0.1) is 0 Å². The fourth-order valence-corrected chi connectivity index (χ4v) is 3.84. The predicted octanol–water partition coefficient (Wildman–Crippen LogP) is 4.35. The Balaban J connectivity index is 1.62. The van der Waals surface area contributed by atoms with E-state index in [1.807, 2.05) is 30.3 Å². The number of aromatic nitrogens is 1. The number of nitrogens with one attached hydrogen (secondary N) is 1. The van der Waals surface area contributed by atoms with Crippen LogP contribution < -0.4 is 14.8 Å². The van der Waals surface area contributed by atoms with Crippen LogP contribution >= 0.6 is 11.8 Å². The number of rotatable bonds is 5. The van der Waals surface area contributed by atoms with Crippen molar-refractivity contribution in [2.45, 2.75) is 17.2 Å². The van der Waals surface area contributed by atoms with Crippen LogP contribution in [0.3, 0.4) is 0 Å². The molecule has 0 aliphatic heterocycles. The highest BCUT2D eigenvalue weighted by atomic mass is 32.2. The lowest BCUT2D eigenvalue weighted by atomic mass is 10.1. The Morgan fingerprint density at radius 3 is 2.71 bits per heavy atom. The van der Waals surface area contributed by atoms with Gasteiger partial charge < -0.3 is 19.7 Å². The summed E-state index contributed by atoms with van der Waals surface area (Å²) < 4.78 is 12.1. The smallest absolute Gasteiger partial charge is 0.252 e. The molecule has 4 aromatic rings. The zero-order valence-corrected chi connectivity index (χ0v) is 16.2. The monoisotopic (exact) mass is 394 g/mol. The van der Waals surface area contributed by atoms with Crippen LogP contribution in [0.2, 0.25) is 0 Å². The van der Waals surface area contributed by atoms with Gasteiger partial charge in [-0.2, -0.15) is 4.73 Å². The molecule has 4 rings (SSSR count). The molecule has 1 N–H and O–H groups in total. The van der Waals surface area contributed by atoms with Crippen molar-refractivity contribution < 1.29 is 18.7 Å². The number of carbonyl (C=O) groups is 1. The average Bonchev–Trinajstić information content (AvgIpc) is 3.06. The van der Waals surface area contributed by atoms with E-state index >= 15 is 0 Å². The first-order chi connectivity index (χ1) is 13.6. The second-order valence-corrected chi connectivity index (χ2v) is 7.62. The molecule has 0 saturated carbocycles. The van der Waals surface area contributed by atoms with E-state index in [1.54, 1.807) is 38.3 Å². The number of hydrogen-bond donors (Lipinski definition) is 1. The van der Waals surface area contributed by atoms with E-state index in [2.05, 4.69) is 5.32 Å². The molecule has 28 heavy (non-hydrogen) atoms. The van der Waals surface area contributed by atoms with Gasteiger partial charge in [0.2, 0.25) is 5.91 Å². The molecule has 0 spiro atoms. The number of benzene rings is 2. The van der Waals surface area contributed by atoms with E-state index in [0.29, 0.717) is 22.0 Å². The maximum Gasteiger partial charge on any atom is 0.252 e. The summed E-state index contributed by atoms with van der Waals surface area (Å²) in [5.74, 6) is 0.311. The number of anilines is 1. The first-order valence-electron chi connectivity index (χ1n) is 8.72. The summed E-state index contributed by atoms with van der Waals surface area (Å²) in [5.41, 5.74) is 1.96. The topological polar surface area (TPSA) is 78.4 Å². The number of fused-ring (bicyclic) bond motifs is 3. The predicted molar refractivity (Wildman–Crippen MR) is 110 cm³/mol. The van der Waals surface area contributed by atoms with Crippen molar-refractivity contribution in [3.63, 3.8) is 0 Å². The number of nitrogens with zero attached hydrogens (tertiary/aromatic N) is 1. The lowest BCUT2D eigenvalue weighted by Gasteiger charge is -2.14. The SMILES string of the molecule is COc1cc2c(cc1NC(=O)[C@H](C)Sc1cccc[n+]1[O-])oc1ccccc12. The number of carbonyl (C=O) groups excluding carboxylic acids is 1. The van der Waals surface area contributed by atoms with Gasteiger partial charge in [0.1, 0.15) is 16.9 Å². The number of methoxy groups -OCH3 is 1. The molecule has 1 amide bonds. The molecule has 2 heterocycles. The zero-order chi connectivity index (χ0) is 19.7. The molecule has 1 atom stereocenters. The highest BCUT2D eigenvalue weighted by Crippen LogP contribution is 2.36. The summed E-state index contributed by atoms with van der Waals surface area (Å²) >= 11 is 1.19. The van der Waals surface area contributed by atoms with Gasteiger partial charge in [-0.25, -0.2) is 0 Å². The first kappa shape index (κ1) is 18.2. The standard InChI is InChI=1S/C21H18N2O4S/c1-13(28-20-9-5-6-10-23(20)25)21(24)22-16-12-18-15(11-19(16)26-2)14-7-3-4-8-17(14)27-18/h3-13H,1-2H3,(H,22,24)/t13-/m0/s1. The number of thioether (sulfide) groups is 1. The van der Waals surface area contributed by atoms with Crippen LogP contribution in [0.1, 0.15) is 6.92 Å². The summed E-state index contributed by atoms with van der Waals surface area (Å²) in [6.07, 6.45) is 1.41. The van der Waals surface area contributed by atoms with Crippen molar-refractivity contribution >= 4 is 45.3 Å². The Bertz CT molecular complexity index is 1170. The number of amides is 1. The fourth-order valence-electron chi connectivity index (χ4n) is 2.99. The van der Waals surface area contributed by atoms with Crippen molar-refractivity contribution in [2.75, 3.05) is 12.4 Å². The molecule has 6 nitrogen and oxygen atoms in total. The van der Waals surface area contributed by atoms with Gasteiger partial charge in [0.05, 0.1) is 18.0 Å². The van der Waals surface area contributed by atoms with Crippen molar-refractivity contribution in [1.29, 1.82) is 0 Å². The molecular weight excluding hydrogens is 376 g/mol. The van der Waals surface area contributed by atoms with Gasteiger partial charge >= 0.3 is 0 Å². The molecule has 0 radical (unpaired) electrons. The minimum absolute atomic E-state index is 0.234. The number of pyridine rings is 1. The lowest BCUT2D eigenvalue weighted by molar-refractivity contribution is -0.645. The van der Waals surface area contributed by atoms with E-state index < -0.39 is 5.25 Å². The van der Waals surface area contributed by atoms with Crippen LogP contribution in [-0.4, -0.2) is 18.3 Å². The Hall–Kier alpha value is -3.19. The molecule has 0 aliphatic carbocycles. The van der Waals surface area contributed by atoms with Crippen LogP contribution in [0.25, 0.3) is 21.9 Å². The minimum atomic E-state index is -0.473. The molecule has 7 heteroatoms. The number of ether oxygens (including phenoxy) is 1. The van der Waals surface area contributed by atoms with E-state index in [-0.39, 0.29) is 5.91 Å². The zero-order valence-electron chi connectivity index (χ0n) is 15.3. The van der Waals surface area contributed by atoms with Crippen molar-refractivity contribution in [1.82, 2.24) is 0 Å². The summed E-state index contributed by atoms with van der Waals surface area (Å²) in [6.45, 7) is 1.75. The first-order valence-corrected chi connectivity index (χ1v) is 9.60. The third-order valence-corrected chi connectivity index (χ3v) is 5.54. The van der Waals surface area contributed by atoms with Crippen molar-refractivity contribution in [3.8, 4) is 5.75 Å². The van der Waals surface area contributed by atoms with Gasteiger partial charge in [0.15, 0.2) is 6.20 Å². The van der Waals surface area contributed by atoms with Crippen LogP contribution in [0.5, 0.6) is 5.75 Å². The van der Waals surface area contributed by atoms with Gasteiger partial charge in [-0.05, 0) is 36.9 Å². The maximum atomic E-state index is 12.7. The van der Waals surface area contributed by atoms with Crippen LogP contribution in [0.15, 0.2) is 70.2 Å². The normalized spacial score (nSPS) is 12.2. The molecule has 0 bridgehead atoms. The van der Waals surface area contributed by atoms with Gasteiger partial charge in [0.25, 0.3) is 5.03 Å². The summed E-state index contributed by atoms with van der Waals surface area (Å²) in [7, 11) is 1.56. The highest BCUT2D eigenvalue weighted by Gasteiger charge is 2.21. The quantitative estimate of drug-likeness (QED) is 0.309. The maximum absolute atomic E-state index is 12.7. The average molecular weight is 394 g/mol. The van der Waals surface area contributed by atoms with Crippen LogP contribution in [-0.2, 0) is 4.79 Å². The van der Waals surface area contributed by atoms with Crippen LogP contribution in [0.4, 0.5) is 5.69 Å². The second kappa shape index (κ2) is 7.44. The van der Waals surface area contributed by atoms with E-state index in [4.69, 9.17) is 9.15 Å². The van der Waals surface area contributed by atoms with Gasteiger partial charge in [-0.3, -0.25) is 4.79 Å². The van der Waals surface area contributed by atoms with Crippen molar-refractivity contribution in [2.24, 2.45) is 0 Å². The minimum Gasteiger partial charge on any atom is -0.618 e. The van der Waals surface area contributed by atoms with E-state index in [1.165, 1.54) is 18.0 Å². The summed E-state index contributed by atoms with van der Waals surface area (Å²) in [4.78, 5) is 12.7. The summed E-state index contributed by atoms with van der Waals surface area (Å²) in [5, 5.41) is 16.6. The molecule has 0 saturated heterocycles. The third-order valence-electron chi connectivity index (χ3n) is 4.41. The Kier molecular flexibility index (Phi) is 4.83. The van der Waals surface area contributed by atoms with E-state index in [0.717, 1.165) is 21.1 Å². The molecule has 0 unspecified atom stereocenters. The Labute approximate surface area is 165 Å². The molecule has 2 aromatic carbocycles. The fraction of sp³-hybridized carbons (Fsp3) is 0.143. The van der Waals surface area contributed by atoms with Gasteiger partial charge in [0, 0.05) is 29.0 Å². The molecule has 2 aromatic heterocycles. The highest BCUT2D eigenvalue weighted by molar-refractivity contribution is 8.00. The summed E-state index contributed by atoms with van der Waals surface area (Å²) in [6, 6.07) is 16.5. The molecular formula is C21H18N2O4S. The third kappa shape index (κ3) is 3.36. The molecule has 0 aliphatic rings. The molecule has 0 fully saturated rings. The molecule has 142 valence electrons. The Morgan fingerprint density at radius 2 is 1.93 bits per heavy atom. The van der Waals surface area contributed by atoms with E-state index in [9.17, 15) is 10.0 Å².